The number of para-hydroxylation sites is 1. The normalized spacial score (nSPS) is 16.8. The van der Waals surface area contributed by atoms with Crippen molar-refractivity contribution >= 4 is 28.6 Å². The van der Waals surface area contributed by atoms with Gasteiger partial charge in [-0.1, -0.05) is 36.4 Å². The number of H-pyrrole nitrogens is 1. The van der Waals surface area contributed by atoms with Crippen molar-refractivity contribution in [3.8, 4) is 5.75 Å². The van der Waals surface area contributed by atoms with Crippen molar-refractivity contribution in [1.82, 2.24) is 9.88 Å². The Morgan fingerprint density at radius 3 is 2.86 bits per heavy atom. The number of amides is 1. The van der Waals surface area contributed by atoms with Crippen molar-refractivity contribution < 1.29 is 14.5 Å². The first-order valence-corrected chi connectivity index (χ1v) is 11.7. The molecule has 1 N–H and O–H groups in total. The summed E-state index contributed by atoms with van der Waals surface area (Å²) in [5.74, 6) is 0.771. The quantitative estimate of drug-likeness (QED) is 0.255. The maximum absolute atomic E-state index is 13.5. The number of fused-ring (bicyclic) bond motifs is 4. The summed E-state index contributed by atoms with van der Waals surface area (Å²) in [5.41, 5.74) is 6.15. The zero-order valence-corrected chi connectivity index (χ0v) is 18.9. The third-order valence-electron chi connectivity index (χ3n) is 6.85. The Morgan fingerprint density at radius 2 is 1.97 bits per heavy atom. The van der Waals surface area contributed by atoms with Gasteiger partial charge in [0.25, 0.3) is 5.69 Å². The van der Waals surface area contributed by atoms with Gasteiger partial charge in [0, 0.05) is 47.8 Å². The molecule has 3 heterocycles. The first-order chi connectivity index (χ1) is 17.1. The van der Waals surface area contributed by atoms with Crippen molar-refractivity contribution in [2.45, 2.75) is 18.9 Å². The molecule has 6 rings (SSSR count). The number of rotatable bonds is 4. The fraction of sp³-hybridized carbons (Fsp3) is 0.179. The van der Waals surface area contributed by atoms with Gasteiger partial charge in [-0.3, -0.25) is 14.9 Å². The van der Waals surface area contributed by atoms with Crippen LogP contribution in [0.15, 0.2) is 72.8 Å². The molecule has 0 spiro atoms. The first-order valence-electron chi connectivity index (χ1n) is 11.7. The lowest BCUT2D eigenvalue weighted by Crippen LogP contribution is -2.39. The number of nitro benzene ring substituents is 1. The van der Waals surface area contributed by atoms with Gasteiger partial charge in [0.05, 0.1) is 17.6 Å². The fourth-order valence-corrected chi connectivity index (χ4v) is 5.21. The molecule has 2 aliphatic heterocycles. The van der Waals surface area contributed by atoms with Crippen molar-refractivity contribution in [3.63, 3.8) is 0 Å². The topological polar surface area (TPSA) is 88.5 Å². The molecule has 7 heteroatoms. The van der Waals surface area contributed by atoms with Crippen LogP contribution in [-0.2, 0) is 17.6 Å². The number of aromatic amines is 1. The van der Waals surface area contributed by atoms with Crippen LogP contribution in [0.1, 0.15) is 34.0 Å². The lowest BCUT2D eigenvalue weighted by atomic mass is 9.91. The Balaban J connectivity index is 1.40. The molecule has 3 aromatic carbocycles. The van der Waals surface area contributed by atoms with Crippen LogP contribution in [0.3, 0.4) is 0 Å². The smallest absolute Gasteiger partial charge is 0.270 e. The molecule has 0 saturated heterocycles. The lowest BCUT2D eigenvalue weighted by Gasteiger charge is -2.36. The van der Waals surface area contributed by atoms with Gasteiger partial charge >= 0.3 is 0 Å². The highest BCUT2D eigenvalue weighted by atomic mass is 16.6. The summed E-state index contributed by atoms with van der Waals surface area (Å²) in [7, 11) is 0. The second kappa shape index (κ2) is 8.43. The number of benzene rings is 3. The molecule has 7 nitrogen and oxygen atoms in total. The predicted octanol–water partition coefficient (Wildman–Crippen LogP) is 5.20. The number of nitrogens with one attached hydrogen (secondary N) is 1. The average Bonchev–Trinajstić information content (AvgIpc) is 3.50. The number of nitrogens with zero attached hydrogens (tertiary/aromatic N) is 2. The minimum absolute atomic E-state index is 0.00137. The van der Waals surface area contributed by atoms with E-state index in [2.05, 4.69) is 23.2 Å². The molecule has 2 aliphatic rings. The maximum Gasteiger partial charge on any atom is 0.270 e. The number of aromatic nitrogens is 1. The zero-order valence-electron chi connectivity index (χ0n) is 18.9. The van der Waals surface area contributed by atoms with Crippen LogP contribution in [0, 0.1) is 10.1 Å². The number of ether oxygens (including phenoxy) is 1. The van der Waals surface area contributed by atoms with Gasteiger partial charge < -0.3 is 14.6 Å². The van der Waals surface area contributed by atoms with E-state index in [9.17, 15) is 14.9 Å². The van der Waals surface area contributed by atoms with Gasteiger partial charge in [-0.2, -0.15) is 0 Å². The Bertz CT molecular complexity index is 1500. The van der Waals surface area contributed by atoms with Crippen LogP contribution >= 0.6 is 0 Å². The van der Waals surface area contributed by atoms with Gasteiger partial charge in [-0.15, -0.1) is 0 Å². The summed E-state index contributed by atoms with van der Waals surface area (Å²) in [6.45, 7) is 1.25. The molecule has 0 radical (unpaired) electrons. The maximum atomic E-state index is 13.5. The van der Waals surface area contributed by atoms with Crippen molar-refractivity contribution in [3.05, 3.63) is 111 Å². The highest BCUT2D eigenvalue weighted by molar-refractivity contribution is 5.93. The van der Waals surface area contributed by atoms with Gasteiger partial charge in [-0.25, -0.2) is 0 Å². The first kappa shape index (κ1) is 21.2. The Kier molecular flexibility index (Phi) is 5.10. The summed E-state index contributed by atoms with van der Waals surface area (Å²) >= 11 is 0. The third kappa shape index (κ3) is 3.75. The number of carbonyl (C=O) groups excluding carboxylic acids is 1. The van der Waals surface area contributed by atoms with Crippen LogP contribution in [0.5, 0.6) is 5.75 Å². The number of nitro groups is 1. The Hall–Kier alpha value is -4.39. The molecule has 174 valence electrons. The molecule has 0 aliphatic carbocycles. The Morgan fingerprint density at radius 1 is 1.09 bits per heavy atom. The molecular weight excluding hydrogens is 442 g/mol. The number of non-ortho nitro benzene ring substituents is 1. The van der Waals surface area contributed by atoms with Crippen LogP contribution in [0.25, 0.3) is 17.0 Å². The lowest BCUT2D eigenvalue weighted by molar-refractivity contribution is -0.384. The Labute approximate surface area is 201 Å². The van der Waals surface area contributed by atoms with E-state index in [1.54, 1.807) is 18.2 Å². The highest BCUT2D eigenvalue weighted by Crippen LogP contribution is 2.40. The number of carbonyl (C=O) groups is 1. The van der Waals surface area contributed by atoms with E-state index in [4.69, 9.17) is 4.74 Å². The van der Waals surface area contributed by atoms with Crippen molar-refractivity contribution in [2.24, 2.45) is 0 Å². The van der Waals surface area contributed by atoms with E-state index >= 15 is 0 Å². The summed E-state index contributed by atoms with van der Waals surface area (Å²) in [6.07, 6.45) is 4.76. The average molecular weight is 466 g/mol. The van der Waals surface area contributed by atoms with Crippen LogP contribution in [-0.4, -0.2) is 33.9 Å². The van der Waals surface area contributed by atoms with Crippen LogP contribution in [0.2, 0.25) is 0 Å². The van der Waals surface area contributed by atoms with Crippen molar-refractivity contribution in [2.75, 3.05) is 13.2 Å². The van der Waals surface area contributed by atoms with Gasteiger partial charge in [0.1, 0.15) is 5.75 Å². The van der Waals surface area contributed by atoms with Crippen molar-refractivity contribution in [1.29, 1.82) is 0 Å². The predicted molar refractivity (Wildman–Crippen MR) is 133 cm³/mol. The molecule has 4 aromatic rings. The molecular formula is C28H23N3O4. The van der Waals surface area contributed by atoms with E-state index in [0.29, 0.717) is 18.7 Å². The largest absolute Gasteiger partial charge is 0.493 e. The monoisotopic (exact) mass is 465 g/mol. The van der Waals surface area contributed by atoms with E-state index in [1.807, 2.05) is 29.2 Å². The zero-order chi connectivity index (χ0) is 23.9. The van der Waals surface area contributed by atoms with Crippen LogP contribution in [0.4, 0.5) is 5.69 Å². The molecule has 1 aromatic heterocycles. The molecule has 0 fully saturated rings. The summed E-state index contributed by atoms with van der Waals surface area (Å²) in [5, 5.41) is 12.3. The highest BCUT2D eigenvalue weighted by Gasteiger charge is 2.34. The van der Waals surface area contributed by atoms with E-state index in [0.717, 1.165) is 40.9 Å². The molecule has 0 saturated carbocycles. The minimum atomic E-state index is -0.436. The second-order valence-corrected chi connectivity index (χ2v) is 8.90. The fourth-order valence-electron chi connectivity index (χ4n) is 5.21. The number of hydrogen-bond acceptors (Lipinski definition) is 4. The van der Waals surface area contributed by atoms with E-state index < -0.39 is 4.92 Å². The number of hydrogen-bond donors (Lipinski definition) is 1. The van der Waals surface area contributed by atoms with E-state index in [-0.39, 0.29) is 17.6 Å². The van der Waals surface area contributed by atoms with Crippen LogP contribution < -0.4 is 4.74 Å². The minimum Gasteiger partial charge on any atom is -0.493 e. The van der Waals surface area contributed by atoms with Gasteiger partial charge in [0.2, 0.25) is 5.91 Å². The molecule has 35 heavy (non-hydrogen) atoms. The third-order valence-corrected chi connectivity index (χ3v) is 6.85. The standard InChI is InChI=1S/C28H23N3O4/c32-26(11-8-18-4-3-5-21(16-18)31(33)34)30-14-12-23-22-6-1-2-7-24(22)29-27(23)28(30)20-9-10-25-19(17-20)13-15-35-25/h1-11,16-17,28-29H,12-15H2/b11-8+/t28-/m1/s1. The summed E-state index contributed by atoms with van der Waals surface area (Å²) < 4.78 is 5.70. The molecule has 0 unspecified atom stereocenters. The van der Waals surface area contributed by atoms with E-state index in [1.165, 1.54) is 29.2 Å². The summed E-state index contributed by atoms with van der Waals surface area (Å²) in [4.78, 5) is 29.6. The summed E-state index contributed by atoms with van der Waals surface area (Å²) in [6, 6.07) is 20.4. The SMILES string of the molecule is O=C(/C=C/c1cccc([N+](=O)[O-])c1)N1CCc2c([nH]c3ccccc23)[C@H]1c1ccc2c(c1)CCO2. The molecule has 1 amide bonds. The second-order valence-electron chi connectivity index (χ2n) is 8.90. The molecule has 0 bridgehead atoms. The molecule has 1 atom stereocenters. The van der Waals surface area contributed by atoms with Gasteiger partial charge in [-0.05, 0) is 52.9 Å². The van der Waals surface area contributed by atoms with Gasteiger partial charge in [0.15, 0.2) is 0 Å².